The minimum Gasteiger partial charge on any atom is -0.490 e. The van der Waals surface area contributed by atoms with Crippen molar-refractivity contribution in [2.75, 3.05) is 13.2 Å². The van der Waals surface area contributed by atoms with Gasteiger partial charge in [0, 0.05) is 10.4 Å². The average molecular weight is 481 g/mol. The van der Waals surface area contributed by atoms with E-state index in [1.54, 1.807) is 48.6 Å². The highest BCUT2D eigenvalue weighted by Crippen LogP contribution is 2.31. The van der Waals surface area contributed by atoms with Crippen molar-refractivity contribution in [3.8, 4) is 23.0 Å². The van der Waals surface area contributed by atoms with Gasteiger partial charge < -0.3 is 18.9 Å². The molecule has 0 unspecified atom stereocenters. The van der Waals surface area contributed by atoms with Gasteiger partial charge in [0.25, 0.3) is 0 Å². The Labute approximate surface area is 208 Å². The van der Waals surface area contributed by atoms with Gasteiger partial charge in [-0.05, 0) is 72.5 Å². The van der Waals surface area contributed by atoms with E-state index in [-0.39, 0.29) is 0 Å². The van der Waals surface area contributed by atoms with Crippen LogP contribution in [0.4, 0.5) is 0 Å². The highest BCUT2D eigenvalue weighted by Gasteiger charge is 2.31. The van der Waals surface area contributed by atoms with E-state index >= 15 is 0 Å². The Morgan fingerprint density at radius 2 is 1.22 bits per heavy atom. The van der Waals surface area contributed by atoms with Crippen LogP contribution in [-0.4, -0.2) is 25.2 Å². The maximum absolute atomic E-state index is 12.9. The molecule has 3 aromatic carbocycles. The first-order chi connectivity index (χ1) is 17.4. The fraction of sp³-hybridized carbons (Fsp3) is 0.133. The third-order valence-corrected chi connectivity index (χ3v) is 6.04. The summed E-state index contributed by atoms with van der Waals surface area (Å²) < 4.78 is 22.5. The molecular formula is C30H24O6. The normalized spacial score (nSPS) is 13.6. The van der Waals surface area contributed by atoms with Crippen molar-refractivity contribution in [1.29, 1.82) is 0 Å². The number of carbonyl (C=O) groups is 2. The lowest BCUT2D eigenvalue weighted by Crippen LogP contribution is -2.11. The van der Waals surface area contributed by atoms with E-state index in [4.69, 9.17) is 18.9 Å². The first kappa shape index (κ1) is 23.2. The topological polar surface area (TPSA) is 71.1 Å². The van der Waals surface area contributed by atoms with E-state index in [0.29, 0.717) is 63.2 Å². The number of hydrogen-bond donors (Lipinski definition) is 0. The fourth-order valence-electron chi connectivity index (χ4n) is 4.53. The van der Waals surface area contributed by atoms with Crippen molar-refractivity contribution in [3.05, 3.63) is 107 Å². The number of benzene rings is 3. The van der Waals surface area contributed by atoms with Crippen molar-refractivity contribution in [2.24, 2.45) is 0 Å². The molecule has 0 fully saturated rings. The number of fused-ring (bicyclic) bond motifs is 2. The summed E-state index contributed by atoms with van der Waals surface area (Å²) in [6.07, 6.45) is 3.35. The standard InChI is InChI=1S/C30H24O6/c1-5-11-33-21-9-7-19(8-10-21)26-22-15-25-23(16-24(22)35-29(26)31)27(30(32)36-25)20-13-17(3)28(18(4)14-20)34-12-6-2/h5-10,13-16H,1-2,11-12H2,3-4H3. The fourth-order valence-corrected chi connectivity index (χ4v) is 4.53. The van der Waals surface area contributed by atoms with E-state index in [1.165, 1.54) is 0 Å². The van der Waals surface area contributed by atoms with Gasteiger partial charge in [-0.3, -0.25) is 0 Å². The van der Waals surface area contributed by atoms with Gasteiger partial charge in [-0.15, -0.1) is 0 Å². The van der Waals surface area contributed by atoms with Crippen molar-refractivity contribution in [2.45, 2.75) is 13.8 Å². The summed E-state index contributed by atoms with van der Waals surface area (Å²) in [5, 5.41) is 1.16. The van der Waals surface area contributed by atoms with Crippen LogP contribution in [0.25, 0.3) is 11.1 Å². The van der Waals surface area contributed by atoms with Gasteiger partial charge in [0.15, 0.2) is 0 Å². The van der Waals surface area contributed by atoms with Crippen LogP contribution in [-0.2, 0) is 9.59 Å². The summed E-state index contributed by atoms with van der Waals surface area (Å²) in [6, 6.07) is 14.3. The molecule has 180 valence electrons. The Morgan fingerprint density at radius 1 is 0.722 bits per heavy atom. The lowest BCUT2D eigenvalue weighted by molar-refractivity contribution is -0.128. The van der Waals surface area contributed by atoms with Crippen LogP contribution in [0.3, 0.4) is 0 Å². The van der Waals surface area contributed by atoms with Crippen molar-refractivity contribution in [1.82, 2.24) is 0 Å². The van der Waals surface area contributed by atoms with Crippen LogP contribution in [0.1, 0.15) is 22.3 Å². The second-order valence-corrected chi connectivity index (χ2v) is 8.54. The molecule has 3 aromatic rings. The van der Waals surface area contributed by atoms with Gasteiger partial charge in [-0.1, -0.05) is 37.4 Å². The molecule has 0 radical (unpaired) electrons. The molecule has 0 saturated carbocycles. The summed E-state index contributed by atoms with van der Waals surface area (Å²) in [6.45, 7) is 12.0. The molecule has 5 rings (SSSR count). The van der Waals surface area contributed by atoms with E-state index < -0.39 is 11.9 Å². The van der Waals surface area contributed by atoms with Crippen LogP contribution in [0.15, 0.2) is 73.8 Å². The minimum absolute atomic E-state index is 0.385. The summed E-state index contributed by atoms with van der Waals surface area (Å²) in [5.41, 5.74) is 4.00. The van der Waals surface area contributed by atoms with Crippen molar-refractivity contribution in [3.63, 3.8) is 0 Å². The molecule has 36 heavy (non-hydrogen) atoms. The molecule has 0 bridgehead atoms. The molecule has 0 spiro atoms. The monoisotopic (exact) mass is 480 g/mol. The number of ether oxygens (including phenoxy) is 4. The largest absolute Gasteiger partial charge is 0.490 e. The smallest absolute Gasteiger partial charge is 0.344 e. The van der Waals surface area contributed by atoms with Crippen LogP contribution in [0.5, 0.6) is 23.0 Å². The quantitative estimate of drug-likeness (QED) is 0.278. The zero-order valence-electron chi connectivity index (χ0n) is 20.1. The maximum Gasteiger partial charge on any atom is 0.344 e. The zero-order valence-corrected chi connectivity index (χ0v) is 20.1. The molecule has 0 aliphatic carbocycles. The Bertz CT molecular complexity index is 1540. The number of esters is 2. The Kier molecular flexibility index (Phi) is 5.94. The van der Waals surface area contributed by atoms with Crippen LogP contribution in [0, 0.1) is 13.8 Å². The van der Waals surface area contributed by atoms with Gasteiger partial charge in [0.1, 0.15) is 36.2 Å². The maximum atomic E-state index is 12.9. The Hall–Kier alpha value is -4.58. The molecule has 2 aliphatic rings. The summed E-state index contributed by atoms with van der Waals surface area (Å²) in [4.78, 5) is 25.7. The molecular weight excluding hydrogens is 456 g/mol. The van der Waals surface area contributed by atoms with E-state index in [9.17, 15) is 9.59 Å². The van der Waals surface area contributed by atoms with Gasteiger partial charge >= 0.3 is 11.9 Å². The molecule has 2 heterocycles. The highest BCUT2D eigenvalue weighted by molar-refractivity contribution is 6.21. The number of carbonyl (C=O) groups excluding carboxylic acids is 2. The number of hydrogen-bond acceptors (Lipinski definition) is 6. The third kappa shape index (κ3) is 3.96. The second kappa shape index (κ2) is 9.23. The van der Waals surface area contributed by atoms with Gasteiger partial charge in [-0.2, -0.15) is 0 Å². The molecule has 0 amide bonds. The van der Waals surface area contributed by atoms with Gasteiger partial charge in [0.05, 0.1) is 11.1 Å². The lowest BCUT2D eigenvalue weighted by Gasteiger charge is -2.13. The molecule has 0 atom stereocenters. The highest BCUT2D eigenvalue weighted by atomic mass is 16.5. The lowest BCUT2D eigenvalue weighted by atomic mass is 9.98. The van der Waals surface area contributed by atoms with Crippen LogP contribution < -0.4 is 29.4 Å². The van der Waals surface area contributed by atoms with E-state index in [0.717, 1.165) is 16.9 Å². The first-order valence-electron chi connectivity index (χ1n) is 11.5. The average Bonchev–Trinajstić information content (AvgIpc) is 3.34. The summed E-state index contributed by atoms with van der Waals surface area (Å²) in [7, 11) is 0. The van der Waals surface area contributed by atoms with Crippen LogP contribution in [0.2, 0.25) is 0 Å². The van der Waals surface area contributed by atoms with E-state index in [2.05, 4.69) is 13.2 Å². The number of rotatable bonds is 8. The predicted molar refractivity (Wildman–Crippen MR) is 136 cm³/mol. The van der Waals surface area contributed by atoms with Crippen LogP contribution >= 0.6 is 0 Å². The molecule has 6 nitrogen and oxygen atoms in total. The Morgan fingerprint density at radius 3 is 1.75 bits per heavy atom. The Balaban J connectivity index is 1.62. The minimum atomic E-state index is -0.461. The van der Waals surface area contributed by atoms with Crippen molar-refractivity contribution < 1.29 is 28.5 Å². The van der Waals surface area contributed by atoms with Gasteiger partial charge in [-0.25, -0.2) is 9.59 Å². The molecule has 0 N–H and O–H groups in total. The van der Waals surface area contributed by atoms with Gasteiger partial charge in [0.2, 0.25) is 0 Å². The summed E-state index contributed by atoms with van der Waals surface area (Å²) >= 11 is 0. The molecule has 0 aromatic heterocycles. The molecule has 2 aliphatic heterocycles. The summed E-state index contributed by atoms with van der Waals surface area (Å²) in [5.74, 6) is 1.28. The van der Waals surface area contributed by atoms with E-state index in [1.807, 2.05) is 26.0 Å². The SMILES string of the molecule is C=CCOc1ccc(C2=c3cc4c(cc3OC2=O)=C(c2cc(C)c(OCC=C)c(C)c2)C(=O)O4)cc1. The predicted octanol–water partition coefficient (Wildman–Crippen LogP) is 3.67. The first-order valence-corrected chi connectivity index (χ1v) is 11.5. The molecule has 0 saturated heterocycles. The zero-order chi connectivity index (χ0) is 25.4. The van der Waals surface area contributed by atoms with Crippen molar-refractivity contribution >= 4 is 23.1 Å². The third-order valence-electron chi connectivity index (χ3n) is 6.04. The molecule has 6 heteroatoms. The second-order valence-electron chi connectivity index (χ2n) is 8.54. The number of aryl methyl sites for hydroxylation is 2.